The van der Waals surface area contributed by atoms with Crippen LogP contribution < -0.4 is 5.32 Å². The first-order valence-electron chi connectivity index (χ1n) is 12.2. The fraction of sp³-hybridized carbons (Fsp3) is 0.625. The maximum Gasteiger partial charge on any atom is 0.241 e. The van der Waals surface area contributed by atoms with Crippen LogP contribution in [0.5, 0.6) is 0 Å². The van der Waals surface area contributed by atoms with Gasteiger partial charge in [-0.2, -0.15) is 5.10 Å². The lowest BCUT2D eigenvalue weighted by Crippen LogP contribution is -2.33. The molecule has 1 atom stereocenters. The Balaban J connectivity index is 1.33. The second kappa shape index (κ2) is 8.70. The van der Waals surface area contributed by atoms with E-state index in [4.69, 9.17) is 14.6 Å². The van der Waals surface area contributed by atoms with Gasteiger partial charge in [-0.05, 0) is 45.1 Å². The molecule has 3 aliphatic rings. The van der Waals surface area contributed by atoms with Gasteiger partial charge in [-0.3, -0.25) is 4.68 Å². The summed E-state index contributed by atoms with van der Waals surface area (Å²) in [5, 5.41) is 23.0. The Morgan fingerprint density at radius 3 is 2.61 bits per heavy atom. The highest BCUT2D eigenvalue weighted by molar-refractivity contribution is 5.81. The first-order valence-corrected chi connectivity index (χ1v) is 12.2. The molecule has 5 heterocycles. The van der Waals surface area contributed by atoms with Crippen molar-refractivity contribution in [3.8, 4) is 11.1 Å². The molecule has 1 aliphatic carbocycles. The van der Waals surface area contributed by atoms with Crippen LogP contribution in [-0.4, -0.2) is 68.1 Å². The number of nitrogens with one attached hydrogen (secondary N) is 1. The van der Waals surface area contributed by atoms with Gasteiger partial charge in [-0.15, -0.1) is 5.10 Å². The molecule has 0 aromatic carbocycles. The van der Waals surface area contributed by atoms with Crippen LogP contribution in [0.3, 0.4) is 0 Å². The molecule has 2 aliphatic heterocycles. The number of aliphatic hydroxyl groups is 1. The topological polar surface area (TPSA) is 98.7 Å². The maximum atomic E-state index is 10.0. The van der Waals surface area contributed by atoms with E-state index in [0.29, 0.717) is 23.8 Å². The summed E-state index contributed by atoms with van der Waals surface area (Å²) in [6.45, 7) is 5.32. The summed E-state index contributed by atoms with van der Waals surface area (Å²) >= 11 is 0. The zero-order valence-corrected chi connectivity index (χ0v) is 19.1. The van der Waals surface area contributed by atoms with Crippen LogP contribution in [0.2, 0.25) is 0 Å². The van der Waals surface area contributed by atoms with Crippen molar-refractivity contribution in [1.29, 1.82) is 0 Å². The monoisotopic (exact) mass is 452 g/mol. The molecule has 3 aromatic rings. The molecule has 9 nitrogen and oxygen atoms in total. The minimum Gasteiger partial charge on any atom is -0.393 e. The quantitative estimate of drug-likeness (QED) is 0.569. The number of anilines is 1. The van der Waals surface area contributed by atoms with Crippen LogP contribution in [0.1, 0.15) is 56.7 Å². The largest absolute Gasteiger partial charge is 0.393 e. The van der Waals surface area contributed by atoms with Crippen molar-refractivity contribution < 1.29 is 14.6 Å². The first kappa shape index (κ1) is 21.1. The molecule has 176 valence electrons. The SMILES string of the molecule is CC(CC1COC1)Nc1ncc2c(-c3cnn(C4COC4)c3)cc([C@H]3CC[C@H](O)CC3)n2n1. The Bertz CT molecular complexity index is 1110. The highest BCUT2D eigenvalue weighted by atomic mass is 16.5. The average molecular weight is 453 g/mol. The van der Waals surface area contributed by atoms with Crippen molar-refractivity contribution in [2.75, 3.05) is 31.7 Å². The van der Waals surface area contributed by atoms with E-state index < -0.39 is 0 Å². The van der Waals surface area contributed by atoms with Gasteiger partial charge < -0.3 is 19.9 Å². The number of aromatic nitrogens is 5. The van der Waals surface area contributed by atoms with Crippen molar-refractivity contribution in [1.82, 2.24) is 24.4 Å². The smallest absolute Gasteiger partial charge is 0.241 e. The number of rotatable bonds is 7. The molecule has 3 fully saturated rings. The first-order chi connectivity index (χ1) is 16.1. The third-order valence-corrected chi connectivity index (χ3v) is 7.34. The van der Waals surface area contributed by atoms with Crippen molar-refractivity contribution in [3.05, 3.63) is 30.4 Å². The summed E-state index contributed by atoms with van der Waals surface area (Å²) in [7, 11) is 0. The fourth-order valence-corrected chi connectivity index (χ4v) is 5.23. The van der Waals surface area contributed by atoms with Gasteiger partial charge >= 0.3 is 0 Å². The minimum absolute atomic E-state index is 0.182. The van der Waals surface area contributed by atoms with E-state index in [-0.39, 0.29) is 12.1 Å². The number of nitrogens with zero attached hydrogens (tertiary/aromatic N) is 5. The van der Waals surface area contributed by atoms with E-state index in [9.17, 15) is 5.11 Å². The molecule has 33 heavy (non-hydrogen) atoms. The van der Waals surface area contributed by atoms with Gasteiger partial charge in [0, 0.05) is 40.9 Å². The molecular formula is C24H32N6O3. The summed E-state index contributed by atoms with van der Waals surface area (Å²) in [6.07, 6.45) is 10.4. The number of hydrogen-bond acceptors (Lipinski definition) is 7. The lowest BCUT2D eigenvalue weighted by molar-refractivity contribution is -0.0368. The second-order valence-electron chi connectivity index (χ2n) is 9.95. The highest BCUT2D eigenvalue weighted by Gasteiger charge is 2.27. The van der Waals surface area contributed by atoms with Crippen LogP contribution >= 0.6 is 0 Å². The summed E-state index contributed by atoms with van der Waals surface area (Å²) in [5.41, 5.74) is 4.36. The van der Waals surface area contributed by atoms with Crippen LogP contribution in [0, 0.1) is 5.92 Å². The Hall–Kier alpha value is -2.49. The average Bonchev–Trinajstić information content (AvgIpc) is 3.35. The van der Waals surface area contributed by atoms with Crippen LogP contribution in [0.15, 0.2) is 24.7 Å². The molecular weight excluding hydrogens is 420 g/mol. The van der Waals surface area contributed by atoms with Crippen LogP contribution in [0.4, 0.5) is 5.95 Å². The Morgan fingerprint density at radius 2 is 1.91 bits per heavy atom. The van der Waals surface area contributed by atoms with Gasteiger partial charge in [0.15, 0.2) is 0 Å². The maximum absolute atomic E-state index is 10.0. The third kappa shape index (κ3) is 4.13. The molecule has 0 amide bonds. The molecule has 0 radical (unpaired) electrons. The van der Waals surface area contributed by atoms with Crippen LogP contribution in [-0.2, 0) is 9.47 Å². The molecule has 3 aromatic heterocycles. The fourth-order valence-electron chi connectivity index (χ4n) is 5.23. The predicted molar refractivity (Wildman–Crippen MR) is 123 cm³/mol. The molecule has 1 unspecified atom stereocenters. The second-order valence-corrected chi connectivity index (χ2v) is 9.95. The van der Waals surface area contributed by atoms with Gasteiger partial charge in [-0.1, -0.05) is 0 Å². The van der Waals surface area contributed by atoms with Gasteiger partial charge in [0.1, 0.15) is 0 Å². The van der Waals surface area contributed by atoms with Gasteiger partial charge in [0.25, 0.3) is 0 Å². The van der Waals surface area contributed by atoms with E-state index >= 15 is 0 Å². The number of ether oxygens (including phenoxy) is 2. The van der Waals surface area contributed by atoms with E-state index in [1.165, 1.54) is 5.69 Å². The molecule has 9 heteroatoms. The van der Waals surface area contributed by atoms with E-state index in [0.717, 1.165) is 75.2 Å². The lowest BCUT2D eigenvalue weighted by Gasteiger charge is -2.28. The van der Waals surface area contributed by atoms with Crippen molar-refractivity contribution >= 4 is 11.5 Å². The number of hydrogen-bond donors (Lipinski definition) is 2. The lowest BCUT2D eigenvalue weighted by atomic mass is 9.85. The molecule has 2 N–H and O–H groups in total. The highest BCUT2D eigenvalue weighted by Crippen LogP contribution is 2.38. The molecule has 0 spiro atoms. The van der Waals surface area contributed by atoms with Crippen molar-refractivity contribution in [3.63, 3.8) is 0 Å². The van der Waals surface area contributed by atoms with Gasteiger partial charge in [-0.25, -0.2) is 9.50 Å². The zero-order valence-electron chi connectivity index (χ0n) is 19.1. The summed E-state index contributed by atoms with van der Waals surface area (Å²) in [5.74, 6) is 1.64. The standard InChI is InChI=1S/C24H32N6O3/c1-15(6-16-11-32-12-16)27-24-25-9-23-21(18-8-26-29(10-18)19-13-33-14-19)7-22(30(23)28-24)17-2-4-20(31)5-3-17/h7-10,15-17,19-20,31H,2-6,11-14H2,1H3,(H,27,28)/t15?,17-,20-. The summed E-state index contributed by atoms with van der Waals surface area (Å²) in [4.78, 5) is 4.66. The minimum atomic E-state index is -0.182. The van der Waals surface area contributed by atoms with Crippen molar-refractivity contribution in [2.24, 2.45) is 5.92 Å². The van der Waals surface area contributed by atoms with Crippen molar-refractivity contribution in [2.45, 2.75) is 63.1 Å². The zero-order chi connectivity index (χ0) is 22.4. The Labute approximate surface area is 193 Å². The Morgan fingerprint density at radius 1 is 1.12 bits per heavy atom. The van der Waals surface area contributed by atoms with E-state index in [1.54, 1.807) is 0 Å². The van der Waals surface area contributed by atoms with Gasteiger partial charge in [0.2, 0.25) is 5.95 Å². The molecule has 6 rings (SSSR count). The third-order valence-electron chi connectivity index (χ3n) is 7.34. The molecule has 0 bridgehead atoms. The normalized spacial score (nSPS) is 25.0. The number of aliphatic hydroxyl groups excluding tert-OH is 1. The van der Waals surface area contributed by atoms with E-state index in [1.807, 2.05) is 17.1 Å². The Kier molecular flexibility index (Phi) is 5.55. The number of fused-ring (bicyclic) bond motifs is 1. The predicted octanol–water partition coefficient (Wildman–Crippen LogP) is 3.02. The summed E-state index contributed by atoms with van der Waals surface area (Å²) in [6, 6.07) is 2.85. The summed E-state index contributed by atoms with van der Waals surface area (Å²) < 4.78 is 14.7. The van der Waals surface area contributed by atoms with Crippen LogP contribution in [0.25, 0.3) is 16.6 Å². The molecule has 1 saturated carbocycles. The van der Waals surface area contributed by atoms with Gasteiger partial charge in [0.05, 0.1) is 56.5 Å². The molecule has 2 saturated heterocycles. The van der Waals surface area contributed by atoms with E-state index in [2.05, 4.69) is 39.1 Å².